The Morgan fingerprint density at radius 2 is 1.00 bits per heavy atom. The van der Waals surface area contributed by atoms with Gasteiger partial charge in [-0.05, 0) is 20.8 Å². The molecule has 136 valence electrons. The maximum atomic E-state index is 4.30. The van der Waals surface area contributed by atoms with Crippen LogP contribution in [0.15, 0.2) is 0 Å². The van der Waals surface area contributed by atoms with Gasteiger partial charge in [-0.2, -0.15) is 29.9 Å². The first-order valence-electron chi connectivity index (χ1n) is 8.26. The Kier molecular flexibility index (Phi) is 6.87. The molecule has 2 aromatic rings. The Bertz CT molecular complexity index is 676. The summed E-state index contributed by atoms with van der Waals surface area (Å²) < 4.78 is 0. The molecule has 0 aliphatic rings. The maximum Gasteiger partial charge on any atom is 0.229 e. The number of nitrogens with one attached hydrogen (secondary N) is 5. The molecule has 2 rings (SSSR count). The van der Waals surface area contributed by atoms with E-state index in [4.69, 9.17) is 0 Å². The van der Waals surface area contributed by atoms with E-state index >= 15 is 0 Å². The van der Waals surface area contributed by atoms with Crippen LogP contribution in [0.1, 0.15) is 19.7 Å². The van der Waals surface area contributed by atoms with Crippen molar-refractivity contribution in [2.45, 2.75) is 20.8 Å². The fraction of sp³-hybridized carbons (Fsp3) is 0.571. The lowest BCUT2D eigenvalue weighted by Crippen LogP contribution is -2.18. The largest absolute Gasteiger partial charge is 0.357 e. The van der Waals surface area contributed by atoms with E-state index in [1.807, 2.05) is 20.8 Å². The molecule has 11 heteroatoms. The second-order valence-corrected chi connectivity index (χ2v) is 5.00. The Balaban J connectivity index is 1.89. The molecule has 11 nitrogen and oxygen atoms in total. The van der Waals surface area contributed by atoms with Gasteiger partial charge in [-0.15, -0.1) is 0 Å². The number of hydrogen-bond acceptors (Lipinski definition) is 11. The highest BCUT2D eigenvalue weighted by molar-refractivity contribution is 5.42. The third-order valence-corrected chi connectivity index (χ3v) is 2.97. The standard InChI is InChI=1S/C14H25N11/c1-5-16-11-20-9(3)21-13(24-11)18-7-8-19-14-23-10(15-4)22-12(25-14)17-6-2/h5-8H2,1-4H3,(H2,16,18,20,21,24)(H3,15,17,19,22,23,25). The van der Waals surface area contributed by atoms with E-state index in [9.17, 15) is 0 Å². The van der Waals surface area contributed by atoms with Gasteiger partial charge in [0, 0.05) is 33.2 Å². The lowest BCUT2D eigenvalue weighted by molar-refractivity contribution is 0.932. The molecule has 2 heterocycles. The van der Waals surface area contributed by atoms with Crippen molar-refractivity contribution >= 4 is 29.7 Å². The van der Waals surface area contributed by atoms with Gasteiger partial charge < -0.3 is 26.6 Å². The molecule has 0 saturated carbocycles. The van der Waals surface area contributed by atoms with Crippen molar-refractivity contribution in [1.29, 1.82) is 0 Å². The molecule has 25 heavy (non-hydrogen) atoms. The van der Waals surface area contributed by atoms with E-state index in [2.05, 4.69) is 56.5 Å². The number of aryl methyl sites for hydroxylation is 1. The van der Waals surface area contributed by atoms with E-state index in [0.717, 1.165) is 13.1 Å². The van der Waals surface area contributed by atoms with Gasteiger partial charge in [-0.1, -0.05) is 0 Å². The summed E-state index contributed by atoms with van der Waals surface area (Å²) in [7, 11) is 1.77. The molecule has 0 aliphatic carbocycles. The summed E-state index contributed by atoms with van der Waals surface area (Å²) in [5, 5.41) is 15.4. The smallest absolute Gasteiger partial charge is 0.229 e. The topological polar surface area (TPSA) is 137 Å². The van der Waals surface area contributed by atoms with E-state index in [1.165, 1.54) is 0 Å². The van der Waals surface area contributed by atoms with Crippen LogP contribution in [0, 0.1) is 6.92 Å². The summed E-state index contributed by atoms with van der Waals surface area (Å²) in [4.78, 5) is 25.6. The van der Waals surface area contributed by atoms with Gasteiger partial charge in [0.15, 0.2) is 0 Å². The highest BCUT2D eigenvalue weighted by Crippen LogP contribution is 2.08. The molecule has 2 aromatic heterocycles. The van der Waals surface area contributed by atoms with Crippen molar-refractivity contribution < 1.29 is 0 Å². The Morgan fingerprint density at radius 3 is 1.48 bits per heavy atom. The third kappa shape index (κ3) is 5.86. The summed E-state index contributed by atoms with van der Waals surface area (Å²) in [6, 6.07) is 0. The van der Waals surface area contributed by atoms with E-state index in [1.54, 1.807) is 7.05 Å². The summed E-state index contributed by atoms with van der Waals surface area (Å²) in [5.74, 6) is 3.29. The molecule has 0 spiro atoms. The number of rotatable bonds is 10. The van der Waals surface area contributed by atoms with Crippen LogP contribution in [-0.2, 0) is 0 Å². The highest BCUT2D eigenvalue weighted by Gasteiger charge is 2.05. The summed E-state index contributed by atoms with van der Waals surface area (Å²) in [6.45, 7) is 8.50. The molecule has 0 atom stereocenters. The van der Waals surface area contributed by atoms with Gasteiger partial charge in [-0.3, -0.25) is 0 Å². The molecule has 0 fully saturated rings. The lowest BCUT2D eigenvalue weighted by atomic mass is 10.6. The van der Waals surface area contributed by atoms with Crippen molar-refractivity contribution in [3.8, 4) is 0 Å². The molecule has 0 amide bonds. The van der Waals surface area contributed by atoms with Gasteiger partial charge in [0.05, 0.1) is 0 Å². The summed E-state index contributed by atoms with van der Waals surface area (Å²) in [6.07, 6.45) is 0. The molecule has 0 bridgehead atoms. The molecule has 0 radical (unpaired) electrons. The SMILES string of the molecule is CCNc1nc(C)nc(NCCNc2nc(NC)nc(NCC)n2)n1. The maximum absolute atomic E-state index is 4.30. The molecule has 0 unspecified atom stereocenters. The first-order chi connectivity index (χ1) is 12.1. The minimum Gasteiger partial charge on any atom is -0.357 e. The van der Waals surface area contributed by atoms with Gasteiger partial charge >= 0.3 is 0 Å². The summed E-state index contributed by atoms with van der Waals surface area (Å²) >= 11 is 0. The Labute approximate surface area is 146 Å². The van der Waals surface area contributed by atoms with Gasteiger partial charge in [0.2, 0.25) is 29.7 Å². The van der Waals surface area contributed by atoms with Crippen molar-refractivity contribution in [2.24, 2.45) is 0 Å². The molecular formula is C14H25N11. The highest BCUT2D eigenvalue weighted by atomic mass is 15.3. The lowest BCUT2D eigenvalue weighted by Gasteiger charge is -2.10. The average molecular weight is 347 g/mol. The molecule has 0 saturated heterocycles. The van der Waals surface area contributed by atoms with Crippen LogP contribution in [0.2, 0.25) is 0 Å². The molecular weight excluding hydrogens is 322 g/mol. The van der Waals surface area contributed by atoms with Crippen molar-refractivity contribution in [1.82, 2.24) is 29.9 Å². The first kappa shape index (κ1) is 18.4. The number of hydrogen-bond donors (Lipinski definition) is 5. The minimum atomic E-state index is 0.497. The van der Waals surface area contributed by atoms with Crippen LogP contribution < -0.4 is 26.6 Å². The fourth-order valence-electron chi connectivity index (χ4n) is 1.95. The van der Waals surface area contributed by atoms with Crippen molar-refractivity contribution in [2.75, 3.05) is 59.8 Å². The van der Waals surface area contributed by atoms with Gasteiger partial charge in [-0.25, -0.2) is 0 Å². The minimum absolute atomic E-state index is 0.497. The average Bonchev–Trinajstić information content (AvgIpc) is 2.59. The molecule has 0 aliphatic heterocycles. The zero-order valence-electron chi connectivity index (χ0n) is 15.0. The van der Waals surface area contributed by atoms with Crippen LogP contribution >= 0.6 is 0 Å². The number of anilines is 5. The van der Waals surface area contributed by atoms with E-state index < -0.39 is 0 Å². The number of nitrogens with zero attached hydrogens (tertiary/aromatic N) is 6. The molecule has 5 N–H and O–H groups in total. The molecule has 0 aromatic carbocycles. The van der Waals surface area contributed by atoms with Gasteiger partial charge in [0.25, 0.3) is 0 Å². The Hall–Kier alpha value is -2.98. The van der Waals surface area contributed by atoms with Crippen LogP contribution in [0.4, 0.5) is 29.7 Å². The van der Waals surface area contributed by atoms with Crippen LogP contribution in [-0.4, -0.2) is 63.1 Å². The van der Waals surface area contributed by atoms with Gasteiger partial charge in [0.1, 0.15) is 5.82 Å². The monoisotopic (exact) mass is 347 g/mol. The van der Waals surface area contributed by atoms with Crippen molar-refractivity contribution in [3.63, 3.8) is 0 Å². The predicted molar refractivity (Wildman–Crippen MR) is 99.2 cm³/mol. The quantitative estimate of drug-likeness (QED) is 0.390. The Morgan fingerprint density at radius 1 is 0.600 bits per heavy atom. The van der Waals surface area contributed by atoms with Crippen LogP contribution in [0.3, 0.4) is 0 Å². The first-order valence-corrected chi connectivity index (χ1v) is 8.26. The predicted octanol–water partition coefficient (Wildman–Crippen LogP) is 0.794. The second kappa shape index (κ2) is 9.35. The van der Waals surface area contributed by atoms with E-state index in [0.29, 0.717) is 48.7 Å². The van der Waals surface area contributed by atoms with Crippen LogP contribution in [0.5, 0.6) is 0 Å². The summed E-state index contributed by atoms with van der Waals surface area (Å²) in [5.41, 5.74) is 0. The fourth-order valence-corrected chi connectivity index (χ4v) is 1.95. The normalized spacial score (nSPS) is 10.2. The van der Waals surface area contributed by atoms with Crippen LogP contribution in [0.25, 0.3) is 0 Å². The van der Waals surface area contributed by atoms with E-state index in [-0.39, 0.29) is 0 Å². The zero-order chi connectivity index (χ0) is 18.1. The second-order valence-electron chi connectivity index (χ2n) is 5.00. The number of aromatic nitrogens is 6. The zero-order valence-corrected chi connectivity index (χ0v) is 15.0. The van der Waals surface area contributed by atoms with Crippen molar-refractivity contribution in [3.05, 3.63) is 5.82 Å². The third-order valence-electron chi connectivity index (χ3n) is 2.97.